The molecule has 0 aliphatic carbocycles. The van der Waals surface area contributed by atoms with Crippen LogP contribution in [0.2, 0.25) is 0 Å². The minimum absolute atomic E-state index is 0.0862. The lowest BCUT2D eigenvalue weighted by Gasteiger charge is -2.57. The van der Waals surface area contributed by atoms with E-state index in [-0.39, 0.29) is 5.97 Å². The number of H-pyrrole nitrogens is 1. The maximum atomic E-state index is 11.8. The first-order valence-electron chi connectivity index (χ1n) is 12.4. The van der Waals surface area contributed by atoms with E-state index >= 15 is 0 Å². The van der Waals surface area contributed by atoms with Gasteiger partial charge in [-0.05, 0) is 87.2 Å². The lowest BCUT2D eigenvalue weighted by Crippen LogP contribution is -2.64. The van der Waals surface area contributed by atoms with Crippen LogP contribution in [0.15, 0.2) is 24.4 Å². The van der Waals surface area contributed by atoms with Crippen LogP contribution in [-0.4, -0.2) is 66.7 Å². The Morgan fingerprint density at radius 2 is 2.03 bits per heavy atom. The van der Waals surface area contributed by atoms with Crippen molar-refractivity contribution in [3.05, 3.63) is 30.0 Å². The fraction of sp³-hybridized carbons (Fsp3) is 0.654. The molecule has 3 fully saturated rings. The molecule has 6 heteroatoms. The van der Waals surface area contributed by atoms with Gasteiger partial charge in [0.15, 0.2) is 0 Å². The van der Waals surface area contributed by atoms with Crippen LogP contribution in [0, 0.1) is 11.8 Å². The predicted octanol–water partition coefficient (Wildman–Crippen LogP) is 4.19. The monoisotopic (exact) mass is 439 g/mol. The average Bonchev–Trinajstić information content (AvgIpc) is 3.22. The van der Waals surface area contributed by atoms with E-state index in [2.05, 4.69) is 33.1 Å². The minimum atomic E-state index is -0.0862. The summed E-state index contributed by atoms with van der Waals surface area (Å²) in [5, 5.41) is 1.26. The topological polar surface area (TPSA) is 57.8 Å². The third-order valence-electron chi connectivity index (χ3n) is 8.24. The molecule has 3 aliphatic rings. The highest BCUT2D eigenvalue weighted by atomic mass is 16.5. The summed E-state index contributed by atoms with van der Waals surface area (Å²) >= 11 is 0. The number of hydrogen-bond acceptors (Lipinski definition) is 5. The Kier molecular flexibility index (Phi) is 6.42. The molecule has 0 unspecified atom stereocenters. The number of methoxy groups -OCH3 is 2. The van der Waals surface area contributed by atoms with Crippen LogP contribution >= 0.6 is 0 Å². The van der Waals surface area contributed by atoms with Gasteiger partial charge >= 0.3 is 5.97 Å². The molecule has 1 N–H and O–H groups in total. The largest absolute Gasteiger partial charge is 0.497 e. The van der Waals surface area contributed by atoms with Crippen LogP contribution in [0.4, 0.5) is 0 Å². The molecular formula is C26H37N3O3. The molecule has 1 aromatic heterocycles. The second-order valence-corrected chi connectivity index (χ2v) is 9.93. The predicted molar refractivity (Wildman–Crippen MR) is 126 cm³/mol. The number of hydrogen-bond donors (Lipinski definition) is 1. The first-order chi connectivity index (χ1) is 15.7. The van der Waals surface area contributed by atoms with Gasteiger partial charge in [0.2, 0.25) is 0 Å². The molecule has 0 spiro atoms. The van der Waals surface area contributed by atoms with Gasteiger partial charge in [-0.15, -0.1) is 0 Å². The van der Waals surface area contributed by atoms with Gasteiger partial charge in [0.05, 0.1) is 14.2 Å². The van der Waals surface area contributed by atoms with Crippen LogP contribution in [0.5, 0.6) is 5.75 Å². The third-order valence-corrected chi connectivity index (χ3v) is 8.24. The van der Waals surface area contributed by atoms with Gasteiger partial charge in [0, 0.05) is 48.7 Å². The molecule has 174 valence electrons. The summed E-state index contributed by atoms with van der Waals surface area (Å²) in [5.74, 6) is 2.30. The SMILES string of the molecule is COC(=O)CCC[C@@H]1[C@H]2CCCN3CCC[C@H](CN1Cc1c[nH]c4ccc(OC)cc14)[C@@H]23. The maximum Gasteiger partial charge on any atom is 0.305 e. The van der Waals surface area contributed by atoms with Gasteiger partial charge < -0.3 is 14.5 Å². The Morgan fingerprint density at radius 1 is 1.19 bits per heavy atom. The van der Waals surface area contributed by atoms with Crippen molar-refractivity contribution in [2.24, 2.45) is 11.8 Å². The summed E-state index contributed by atoms with van der Waals surface area (Å²) in [5.41, 5.74) is 2.51. The van der Waals surface area contributed by atoms with Crippen LogP contribution in [-0.2, 0) is 16.1 Å². The van der Waals surface area contributed by atoms with E-state index in [0.717, 1.165) is 43.6 Å². The van der Waals surface area contributed by atoms with Gasteiger partial charge in [-0.1, -0.05) is 0 Å². The molecular weight excluding hydrogens is 402 g/mol. The second kappa shape index (κ2) is 9.44. The third kappa shape index (κ3) is 4.15. The molecule has 6 nitrogen and oxygen atoms in total. The van der Waals surface area contributed by atoms with E-state index < -0.39 is 0 Å². The standard InChI is InChI=1S/C26H37N3O3/c1-31-20-10-11-23-22(14-20)19(15-27-23)17-29-16-18-6-4-12-28-13-5-7-21(26(18)28)24(29)8-3-9-25(30)32-2/h10-11,14-15,18,21,24,26-27H,3-9,12-13,16-17H2,1-2H3/t18-,21-,24-,26+/m1/s1. The van der Waals surface area contributed by atoms with Gasteiger partial charge in [0.1, 0.15) is 5.75 Å². The van der Waals surface area contributed by atoms with Crippen molar-refractivity contribution in [1.82, 2.24) is 14.8 Å². The number of likely N-dealkylation sites (tertiary alicyclic amines) is 1. The molecule has 0 radical (unpaired) electrons. The van der Waals surface area contributed by atoms with Crippen molar-refractivity contribution in [2.45, 2.75) is 63.6 Å². The number of esters is 1. The lowest BCUT2D eigenvalue weighted by molar-refractivity contribution is -0.141. The molecule has 0 bridgehead atoms. The summed E-state index contributed by atoms with van der Waals surface area (Å²) in [6.07, 6.45) is 9.99. The number of nitrogens with zero attached hydrogens (tertiary/aromatic N) is 2. The van der Waals surface area contributed by atoms with Crippen molar-refractivity contribution >= 4 is 16.9 Å². The Labute approximate surface area is 191 Å². The molecule has 4 atom stereocenters. The van der Waals surface area contributed by atoms with Crippen molar-refractivity contribution in [3.63, 3.8) is 0 Å². The normalized spacial score (nSPS) is 28.4. The Bertz CT molecular complexity index is 940. The van der Waals surface area contributed by atoms with Gasteiger partial charge in [0.25, 0.3) is 0 Å². The van der Waals surface area contributed by atoms with Crippen LogP contribution in [0.3, 0.4) is 0 Å². The fourth-order valence-electron chi connectivity index (χ4n) is 6.85. The summed E-state index contributed by atoms with van der Waals surface area (Å²) in [6.45, 7) is 4.66. The number of carbonyl (C=O) groups excluding carboxylic acids is 1. The van der Waals surface area contributed by atoms with E-state index in [0.29, 0.717) is 18.4 Å². The Balaban J connectivity index is 1.41. The number of benzene rings is 1. The summed E-state index contributed by atoms with van der Waals surface area (Å²) < 4.78 is 10.4. The molecule has 32 heavy (non-hydrogen) atoms. The smallest absolute Gasteiger partial charge is 0.305 e. The zero-order valence-electron chi connectivity index (χ0n) is 19.5. The lowest BCUT2D eigenvalue weighted by atomic mass is 9.69. The number of ether oxygens (including phenoxy) is 2. The Hall–Kier alpha value is -2.05. The molecule has 4 heterocycles. The number of rotatable bonds is 7. The molecule has 1 aromatic carbocycles. The van der Waals surface area contributed by atoms with E-state index in [9.17, 15) is 4.79 Å². The quantitative estimate of drug-likeness (QED) is 0.656. The molecule has 0 amide bonds. The van der Waals surface area contributed by atoms with Gasteiger partial charge in [-0.3, -0.25) is 14.6 Å². The molecule has 3 saturated heterocycles. The Morgan fingerprint density at radius 3 is 2.84 bits per heavy atom. The van der Waals surface area contributed by atoms with Crippen molar-refractivity contribution in [2.75, 3.05) is 33.9 Å². The summed E-state index contributed by atoms with van der Waals surface area (Å²) in [7, 11) is 3.22. The van der Waals surface area contributed by atoms with E-state index in [4.69, 9.17) is 9.47 Å². The highest BCUT2D eigenvalue weighted by molar-refractivity contribution is 5.84. The number of fused-ring (bicyclic) bond motifs is 1. The zero-order valence-corrected chi connectivity index (χ0v) is 19.5. The second-order valence-electron chi connectivity index (χ2n) is 9.93. The minimum Gasteiger partial charge on any atom is -0.497 e. The van der Waals surface area contributed by atoms with Crippen molar-refractivity contribution in [3.8, 4) is 5.75 Å². The first kappa shape index (κ1) is 21.8. The van der Waals surface area contributed by atoms with Gasteiger partial charge in [-0.2, -0.15) is 0 Å². The van der Waals surface area contributed by atoms with Crippen molar-refractivity contribution in [1.29, 1.82) is 0 Å². The molecule has 3 aliphatic heterocycles. The number of piperidine rings is 3. The van der Waals surface area contributed by atoms with Crippen molar-refractivity contribution < 1.29 is 14.3 Å². The first-order valence-corrected chi connectivity index (χ1v) is 12.4. The molecule has 2 aromatic rings. The van der Waals surface area contributed by atoms with E-state index in [1.165, 1.54) is 62.3 Å². The fourth-order valence-corrected chi connectivity index (χ4v) is 6.85. The van der Waals surface area contributed by atoms with Crippen LogP contribution in [0.1, 0.15) is 50.5 Å². The van der Waals surface area contributed by atoms with Crippen LogP contribution in [0.25, 0.3) is 10.9 Å². The number of nitrogens with one attached hydrogen (secondary N) is 1. The highest BCUT2D eigenvalue weighted by Crippen LogP contribution is 2.44. The average molecular weight is 440 g/mol. The summed E-state index contributed by atoms with van der Waals surface area (Å²) in [4.78, 5) is 20.8. The maximum absolute atomic E-state index is 11.8. The summed E-state index contributed by atoms with van der Waals surface area (Å²) in [6, 6.07) is 7.54. The van der Waals surface area contributed by atoms with Gasteiger partial charge in [-0.25, -0.2) is 0 Å². The van der Waals surface area contributed by atoms with Crippen LogP contribution < -0.4 is 4.74 Å². The number of carbonyl (C=O) groups is 1. The zero-order chi connectivity index (χ0) is 22.1. The number of aromatic amines is 1. The molecule has 0 saturated carbocycles. The van der Waals surface area contributed by atoms with E-state index in [1.807, 2.05) is 6.07 Å². The van der Waals surface area contributed by atoms with E-state index in [1.54, 1.807) is 7.11 Å². The number of aromatic nitrogens is 1. The highest BCUT2D eigenvalue weighted by Gasteiger charge is 2.48. The molecule has 5 rings (SSSR count).